The first-order valence-corrected chi connectivity index (χ1v) is 7.06. The van der Waals surface area contributed by atoms with Gasteiger partial charge in [0.15, 0.2) is 0 Å². The Balaban J connectivity index is 4.05. The fraction of sp³-hybridized carbons (Fsp3) is 1.00. The van der Waals surface area contributed by atoms with Gasteiger partial charge in [-0.2, -0.15) is 24.9 Å². The number of hydrogen-bond donors (Lipinski definition) is 1. The van der Waals surface area contributed by atoms with Gasteiger partial charge in [-0.25, -0.2) is 0 Å². The van der Waals surface area contributed by atoms with E-state index in [1.807, 2.05) is 6.92 Å². The van der Waals surface area contributed by atoms with Crippen LogP contribution in [0.3, 0.4) is 0 Å². The van der Waals surface area contributed by atoms with Gasteiger partial charge in [-0.3, -0.25) is 0 Å². The summed E-state index contributed by atoms with van der Waals surface area (Å²) in [5.41, 5.74) is 0. The molecule has 0 aliphatic heterocycles. The van der Waals surface area contributed by atoms with Gasteiger partial charge >= 0.3 is 6.18 Å². The molecule has 1 unspecified atom stereocenters. The smallest absolute Gasteiger partial charge is 0.313 e. The Bertz CT molecular complexity index is 181. The van der Waals surface area contributed by atoms with Crippen molar-refractivity contribution >= 4 is 11.8 Å². The number of hydrogen-bond acceptors (Lipinski definition) is 2. The molecule has 1 N–H and O–H groups in total. The van der Waals surface area contributed by atoms with Crippen LogP contribution < -0.4 is 5.32 Å². The van der Waals surface area contributed by atoms with Crippen LogP contribution >= 0.6 is 11.8 Å². The lowest BCUT2D eigenvalue weighted by atomic mass is 10.2. The third kappa shape index (κ3) is 12.3. The van der Waals surface area contributed by atoms with Crippen molar-refractivity contribution in [3.05, 3.63) is 0 Å². The van der Waals surface area contributed by atoms with E-state index in [0.29, 0.717) is 0 Å². The van der Waals surface area contributed by atoms with Crippen LogP contribution in [0.1, 0.15) is 47.0 Å². The summed E-state index contributed by atoms with van der Waals surface area (Å²) in [7, 11) is 0. The van der Waals surface area contributed by atoms with Crippen molar-refractivity contribution in [2.24, 2.45) is 0 Å². The van der Waals surface area contributed by atoms with Crippen LogP contribution in [-0.2, 0) is 0 Å². The second kappa shape index (κ2) is 7.52. The molecule has 1 atom stereocenters. The zero-order chi connectivity index (χ0) is 13.5. The van der Waals surface area contributed by atoms with Crippen molar-refractivity contribution in [1.82, 2.24) is 5.32 Å². The van der Waals surface area contributed by atoms with E-state index >= 15 is 0 Å². The molecule has 0 aromatic rings. The molecular formula is C12H24F3NS. The number of halogens is 3. The molecule has 0 rings (SSSR count). The van der Waals surface area contributed by atoms with Gasteiger partial charge in [0.1, 0.15) is 0 Å². The topological polar surface area (TPSA) is 12.0 Å². The van der Waals surface area contributed by atoms with Crippen LogP contribution in [0.2, 0.25) is 0 Å². The molecule has 0 aliphatic rings. The van der Waals surface area contributed by atoms with Crippen molar-refractivity contribution in [3.8, 4) is 0 Å². The van der Waals surface area contributed by atoms with Crippen LogP contribution in [-0.4, -0.2) is 29.3 Å². The zero-order valence-corrected chi connectivity index (χ0v) is 12.0. The molecule has 0 heterocycles. The van der Waals surface area contributed by atoms with E-state index in [0.717, 1.165) is 18.7 Å². The maximum absolute atomic E-state index is 12.2. The normalized spacial score (nSPS) is 15.0. The molecule has 0 amide bonds. The van der Waals surface area contributed by atoms with Gasteiger partial charge < -0.3 is 5.32 Å². The molecule has 0 aromatic carbocycles. The van der Waals surface area contributed by atoms with Crippen molar-refractivity contribution < 1.29 is 13.2 Å². The molecule has 104 valence electrons. The fourth-order valence-electron chi connectivity index (χ4n) is 1.28. The van der Waals surface area contributed by atoms with Crippen LogP contribution in [0, 0.1) is 0 Å². The quantitative estimate of drug-likeness (QED) is 0.743. The molecule has 0 spiro atoms. The molecule has 5 heteroatoms. The molecule has 0 fully saturated rings. The predicted molar refractivity (Wildman–Crippen MR) is 69.6 cm³/mol. The van der Waals surface area contributed by atoms with E-state index in [9.17, 15) is 13.2 Å². The summed E-state index contributed by atoms with van der Waals surface area (Å²) < 4.78 is 36.6. The Hall–Kier alpha value is 0.100. The Morgan fingerprint density at radius 1 is 1.18 bits per heavy atom. The Labute approximate surface area is 107 Å². The van der Waals surface area contributed by atoms with Crippen molar-refractivity contribution in [2.45, 2.75) is 63.9 Å². The number of alkyl halides is 3. The first kappa shape index (κ1) is 17.1. The summed E-state index contributed by atoms with van der Waals surface area (Å²) >= 11 is 1.71. The summed E-state index contributed by atoms with van der Waals surface area (Å²) in [6.45, 7) is 9.05. The third-order valence-corrected chi connectivity index (χ3v) is 3.61. The van der Waals surface area contributed by atoms with E-state index in [1.54, 1.807) is 11.8 Å². The van der Waals surface area contributed by atoms with Gasteiger partial charge in [0.25, 0.3) is 0 Å². The van der Waals surface area contributed by atoms with Crippen LogP contribution in [0.5, 0.6) is 0 Å². The minimum absolute atomic E-state index is 0.0409. The largest absolute Gasteiger partial charge is 0.389 e. The van der Waals surface area contributed by atoms with E-state index in [-0.39, 0.29) is 17.2 Å². The molecule has 0 bridgehead atoms. The molecule has 0 saturated heterocycles. The van der Waals surface area contributed by atoms with Crippen LogP contribution in [0.25, 0.3) is 0 Å². The fourth-order valence-corrected chi connectivity index (χ4v) is 2.27. The summed E-state index contributed by atoms with van der Waals surface area (Å²) in [5.74, 6) is 0.736. The maximum Gasteiger partial charge on any atom is 0.389 e. The second-order valence-electron chi connectivity index (χ2n) is 5.23. The van der Waals surface area contributed by atoms with Gasteiger partial charge in [0.05, 0.1) is 0 Å². The van der Waals surface area contributed by atoms with Gasteiger partial charge in [0.2, 0.25) is 0 Å². The third-order valence-electron chi connectivity index (χ3n) is 2.18. The second-order valence-corrected chi connectivity index (χ2v) is 7.08. The highest BCUT2D eigenvalue weighted by atomic mass is 32.2. The number of thioether (sulfide) groups is 1. The van der Waals surface area contributed by atoms with E-state index in [2.05, 4.69) is 26.1 Å². The Kier molecular flexibility index (Phi) is 7.56. The monoisotopic (exact) mass is 271 g/mol. The van der Waals surface area contributed by atoms with E-state index < -0.39 is 12.6 Å². The maximum atomic E-state index is 12.2. The summed E-state index contributed by atoms with van der Waals surface area (Å²) in [5, 5.41) is 3.19. The average molecular weight is 271 g/mol. The van der Waals surface area contributed by atoms with Gasteiger partial charge in [-0.1, -0.05) is 27.7 Å². The number of rotatable bonds is 7. The Morgan fingerprint density at radius 2 is 1.76 bits per heavy atom. The highest BCUT2D eigenvalue weighted by molar-refractivity contribution is 8.00. The lowest BCUT2D eigenvalue weighted by Crippen LogP contribution is -2.34. The summed E-state index contributed by atoms with van der Waals surface area (Å²) in [6.07, 6.45) is -3.62. The molecule has 0 aliphatic carbocycles. The van der Waals surface area contributed by atoms with Gasteiger partial charge in [-0.05, 0) is 19.4 Å². The lowest BCUT2D eigenvalue weighted by Gasteiger charge is -2.24. The SMILES string of the molecule is CCCNC(CCC(F)(F)F)CSC(C)(C)C. The molecule has 0 radical (unpaired) electrons. The van der Waals surface area contributed by atoms with Crippen molar-refractivity contribution in [1.29, 1.82) is 0 Å². The molecule has 1 nitrogen and oxygen atoms in total. The highest BCUT2D eigenvalue weighted by Gasteiger charge is 2.28. The van der Waals surface area contributed by atoms with Crippen molar-refractivity contribution in [2.75, 3.05) is 12.3 Å². The average Bonchev–Trinajstić information content (AvgIpc) is 2.13. The first-order chi connectivity index (χ1) is 7.64. The van der Waals surface area contributed by atoms with Gasteiger partial charge in [0, 0.05) is 23.0 Å². The molecule has 0 saturated carbocycles. The van der Waals surface area contributed by atoms with E-state index in [4.69, 9.17) is 0 Å². The van der Waals surface area contributed by atoms with E-state index in [1.165, 1.54) is 0 Å². The first-order valence-electron chi connectivity index (χ1n) is 6.08. The lowest BCUT2D eigenvalue weighted by molar-refractivity contribution is -0.136. The molecule has 0 aromatic heterocycles. The van der Waals surface area contributed by atoms with Gasteiger partial charge in [-0.15, -0.1) is 0 Å². The number of nitrogens with one attached hydrogen (secondary N) is 1. The summed E-state index contributed by atoms with van der Waals surface area (Å²) in [4.78, 5) is 0. The van der Waals surface area contributed by atoms with Crippen LogP contribution in [0.15, 0.2) is 0 Å². The highest BCUT2D eigenvalue weighted by Crippen LogP contribution is 2.27. The standard InChI is InChI=1S/C12H24F3NS/c1-5-8-16-10(6-7-12(13,14)15)9-17-11(2,3)4/h10,16H,5-9H2,1-4H3. The molecule has 17 heavy (non-hydrogen) atoms. The zero-order valence-electron chi connectivity index (χ0n) is 11.2. The summed E-state index contributed by atoms with van der Waals surface area (Å²) in [6, 6.07) is -0.0409. The predicted octanol–water partition coefficient (Wildman–Crippen LogP) is 4.23. The minimum atomic E-state index is -4.04. The minimum Gasteiger partial charge on any atom is -0.313 e. The molecular weight excluding hydrogens is 247 g/mol. The Morgan fingerprint density at radius 3 is 2.18 bits per heavy atom. The van der Waals surface area contributed by atoms with Crippen LogP contribution in [0.4, 0.5) is 13.2 Å². The van der Waals surface area contributed by atoms with Crippen molar-refractivity contribution in [3.63, 3.8) is 0 Å².